The van der Waals surface area contributed by atoms with Crippen LogP contribution in [0.5, 0.6) is 0 Å². The van der Waals surface area contributed by atoms with E-state index in [1.165, 1.54) is 0 Å². The largest absolute Gasteiger partial charge is 0.466 e. The number of hydrogen-bond donors (Lipinski definition) is 0. The summed E-state index contributed by atoms with van der Waals surface area (Å²) in [6.45, 7) is 4.08. The second-order valence-electron chi connectivity index (χ2n) is 5.12. The van der Waals surface area contributed by atoms with Crippen LogP contribution in [-0.4, -0.2) is 18.4 Å². The van der Waals surface area contributed by atoms with Gasteiger partial charge >= 0.3 is 5.97 Å². The summed E-state index contributed by atoms with van der Waals surface area (Å²) in [5, 5.41) is 0. The van der Waals surface area contributed by atoms with Crippen molar-refractivity contribution < 1.29 is 14.3 Å². The highest BCUT2D eigenvalue weighted by atomic mass is 16.5. The van der Waals surface area contributed by atoms with Crippen LogP contribution >= 0.6 is 0 Å². The summed E-state index contributed by atoms with van der Waals surface area (Å²) >= 11 is 0. The van der Waals surface area contributed by atoms with Crippen LogP contribution in [0.15, 0.2) is 54.6 Å². The van der Waals surface area contributed by atoms with Crippen molar-refractivity contribution in [2.75, 3.05) is 6.61 Å². The fourth-order valence-corrected chi connectivity index (χ4v) is 2.49. The van der Waals surface area contributed by atoms with Crippen molar-refractivity contribution in [2.45, 2.75) is 26.2 Å². The lowest BCUT2D eigenvalue weighted by atomic mass is 9.88. The molecular weight excluding hydrogens is 276 g/mol. The van der Waals surface area contributed by atoms with Gasteiger partial charge in [-0.1, -0.05) is 61.5 Å². The van der Waals surface area contributed by atoms with Gasteiger partial charge in [-0.2, -0.15) is 0 Å². The van der Waals surface area contributed by atoms with Crippen LogP contribution in [0, 0.1) is 0 Å². The third kappa shape index (κ3) is 3.82. The van der Waals surface area contributed by atoms with E-state index in [2.05, 4.69) is 6.92 Å². The summed E-state index contributed by atoms with van der Waals surface area (Å²) in [4.78, 5) is 23.9. The molecule has 114 valence electrons. The van der Waals surface area contributed by atoms with Crippen LogP contribution in [0.3, 0.4) is 0 Å². The smallest absolute Gasteiger partial charge is 0.313 e. The van der Waals surface area contributed by atoms with E-state index in [0.717, 1.165) is 11.1 Å². The lowest BCUT2D eigenvalue weighted by Gasteiger charge is -2.16. The molecule has 0 amide bonds. The highest BCUT2D eigenvalue weighted by Crippen LogP contribution is 2.27. The molecule has 0 N–H and O–H groups in total. The maximum Gasteiger partial charge on any atom is 0.313 e. The number of carbonyl (C=O) groups is 2. The molecule has 2 aromatic rings. The molecule has 22 heavy (non-hydrogen) atoms. The predicted octanol–water partition coefficient (Wildman–Crippen LogP) is 3.97. The molecule has 0 aliphatic heterocycles. The fourth-order valence-electron chi connectivity index (χ4n) is 2.49. The van der Waals surface area contributed by atoms with E-state index < -0.39 is 5.97 Å². The number of hydrogen-bond acceptors (Lipinski definition) is 3. The molecule has 0 aliphatic rings. The Hall–Kier alpha value is -2.42. The van der Waals surface area contributed by atoms with Gasteiger partial charge in [-0.25, -0.2) is 0 Å². The first-order chi connectivity index (χ1) is 10.6. The average molecular weight is 296 g/mol. The molecule has 1 atom stereocenters. The van der Waals surface area contributed by atoms with Crippen LogP contribution in [0.25, 0.3) is 0 Å². The first kappa shape index (κ1) is 16.0. The predicted molar refractivity (Wildman–Crippen MR) is 86.0 cm³/mol. The van der Waals surface area contributed by atoms with Crippen molar-refractivity contribution in [3.05, 3.63) is 71.3 Å². The molecule has 0 fully saturated rings. The van der Waals surface area contributed by atoms with Crippen LogP contribution < -0.4 is 0 Å². The summed E-state index contributed by atoms with van der Waals surface area (Å²) in [7, 11) is 0. The summed E-state index contributed by atoms with van der Waals surface area (Å²) < 4.78 is 4.86. The minimum Gasteiger partial charge on any atom is -0.466 e. The van der Waals surface area contributed by atoms with Gasteiger partial charge in [0.2, 0.25) is 0 Å². The zero-order chi connectivity index (χ0) is 15.9. The van der Waals surface area contributed by atoms with Crippen LogP contribution in [0.2, 0.25) is 0 Å². The third-order valence-corrected chi connectivity index (χ3v) is 3.64. The van der Waals surface area contributed by atoms with Gasteiger partial charge < -0.3 is 4.74 Å². The van der Waals surface area contributed by atoms with E-state index in [1.54, 1.807) is 13.0 Å². The quantitative estimate of drug-likeness (QED) is 0.460. The Balaban J connectivity index is 2.27. The Kier molecular flexibility index (Phi) is 5.48. The first-order valence-electron chi connectivity index (χ1n) is 7.46. The number of ketones is 1. The summed E-state index contributed by atoms with van der Waals surface area (Å²) in [6, 6.07) is 17.5. The molecule has 3 nitrogen and oxygen atoms in total. The number of benzene rings is 2. The Bertz CT molecular complexity index is 647. The maximum absolute atomic E-state index is 12.4. The van der Waals surface area contributed by atoms with Gasteiger partial charge in [0, 0.05) is 11.5 Å². The van der Waals surface area contributed by atoms with E-state index in [9.17, 15) is 9.59 Å². The second-order valence-corrected chi connectivity index (χ2v) is 5.12. The molecule has 2 rings (SSSR count). The minimum absolute atomic E-state index is 0.0866. The molecule has 0 heterocycles. The first-order valence-corrected chi connectivity index (χ1v) is 7.46. The van der Waals surface area contributed by atoms with Crippen molar-refractivity contribution in [3.8, 4) is 0 Å². The molecule has 0 bridgehead atoms. The molecule has 2 aromatic carbocycles. The average Bonchev–Trinajstić information content (AvgIpc) is 2.55. The fraction of sp³-hybridized carbons (Fsp3) is 0.263. The van der Waals surface area contributed by atoms with Crippen LogP contribution in [0.4, 0.5) is 0 Å². The van der Waals surface area contributed by atoms with Crippen LogP contribution in [0.1, 0.15) is 47.7 Å². The summed E-state index contributed by atoms with van der Waals surface area (Å²) in [6.07, 6.45) is -0.216. The van der Waals surface area contributed by atoms with Gasteiger partial charge in [0.05, 0.1) is 6.61 Å². The number of esters is 1. The van der Waals surface area contributed by atoms with Gasteiger partial charge in [0.1, 0.15) is 6.42 Å². The molecule has 0 saturated carbocycles. The molecule has 0 saturated heterocycles. The summed E-state index contributed by atoms with van der Waals surface area (Å²) in [5.74, 6) is -0.588. The van der Waals surface area contributed by atoms with Gasteiger partial charge in [-0.15, -0.1) is 0 Å². The summed E-state index contributed by atoms with van der Waals surface area (Å²) in [5.41, 5.74) is 2.66. The maximum atomic E-state index is 12.4. The number of Topliss-reactive ketones (excluding diaryl/α,β-unsaturated/α-hetero) is 1. The van der Waals surface area contributed by atoms with Crippen molar-refractivity contribution in [1.82, 2.24) is 0 Å². The van der Waals surface area contributed by atoms with E-state index in [1.807, 2.05) is 48.5 Å². The lowest BCUT2D eigenvalue weighted by Crippen LogP contribution is -2.14. The number of rotatable bonds is 6. The normalized spacial score (nSPS) is 11.7. The SMILES string of the molecule is CCOC(=O)CC(=O)c1ccccc1C(C)c1ccccc1. The molecule has 0 aromatic heterocycles. The topological polar surface area (TPSA) is 43.4 Å². The Labute approximate surface area is 130 Å². The molecule has 1 unspecified atom stereocenters. The molecule has 3 heteroatoms. The van der Waals surface area contributed by atoms with E-state index in [4.69, 9.17) is 4.74 Å². The minimum atomic E-state index is -0.477. The van der Waals surface area contributed by atoms with Crippen molar-refractivity contribution in [3.63, 3.8) is 0 Å². The van der Waals surface area contributed by atoms with Gasteiger partial charge in [-0.05, 0) is 18.1 Å². The van der Waals surface area contributed by atoms with Crippen molar-refractivity contribution in [2.24, 2.45) is 0 Å². The molecule has 0 radical (unpaired) electrons. The van der Waals surface area contributed by atoms with Gasteiger partial charge in [0.15, 0.2) is 5.78 Å². The Morgan fingerprint density at radius 1 is 1.00 bits per heavy atom. The van der Waals surface area contributed by atoms with Crippen LogP contribution in [-0.2, 0) is 9.53 Å². The van der Waals surface area contributed by atoms with E-state index >= 15 is 0 Å². The standard InChI is InChI=1S/C19H20O3/c1-3-22-19(21)13-18(20)17-12-8-7-11-16(17)14(2)15-9-5-4-6-10-15/h4-12,14H,3,13H2,1-2H3. The molecule has 0 spiro atoms. The highest BCUT2D eigenvalue weighted by Gasteiger charge is 2.19. The lowest BCUT2D eigenvalue weighted by molar-refractivity contribution is -0.141. The molecule has 0 aliphatic carbocycles. The van der Waals surface area contributed by atoms with Gasteiger partial charge in [0.25, 0.3) is 0 Å². The van der Waals surface area contributed by atoms with Gasteiger partial charge in [-0.3, -0.25) is 9.59 Å². The number of carbonyl (C=O) groups excluding carboxylic acids is 2. The van der Waals surface area contributed by atoms with Crippen molar-refractivity contribution >= 4 is 11.8 Å². The Morgan fingerprint density at radius 2 is 1.64 bits per heavy atom. The molecular formula is C19H20O3. The highest BCUT2D eigenvalue weighted by molar-refractivity contribution is 6.07. The zero-order valence-electron chi connectivity index (χ0n) is 12.9. The third-order valence-electron chi connectivity index (χ3n) is 3.64. The zero-order valence-corrected chi connectivity index (χ0v) is 12.9. The number of ether oxygens (including phenoxy) is 1. The Morgan fingerprint density at radius 3 is 2.32 bits per heavy atom. The van der Waals surface area contributed by atoms with E-state index in [-0.39, 0.29) is 24.7 Å². The van der Waals surface area contributed by atoms with Crippen molar-refractivity contribution in [1.29, 1.82) is 0 Å². The monoisotopic (exact) mass is 296 g/mol. The van der Waals surface area contributed by atoms with E-state index in [0.29, 0.717) is 5.56 Å². The second kappa shape index (κ2) is 7.55.